The molecule has 0 aromatic carbocycles. The molecule has 0 radical (unpaired) electrons. The van der Waals surface area contributed by atoms with Gasteiger partial charge in [-0.25, -0.2) is 0 Å². The summed E-state index contributed by atoms with van der Waals surface area (Å²) in [5.41, 5.74) is -0.840. The molecule has 0 aliphatic heterocycles. The largest absolute Gasteiger partial charge is 0.462 e. The van der Waals surface area contributed by atoms with Gasteiger partial charge in [0.15, 0.2) is 0 Å². The highest BCUT2D eigenvalue weighted by Gasteiger charge is 2.31. The van der Waals surface area contributed by atoms with Gasteiger partial charge in [-0.05, 0) is 50.5 Å². The summed E-state index contributed by atoms with van der Waals surface area (Å²) in [6, 6.07) is 8.37. The number of methoxy groups -OCH3 is 1. The molecule has 0 bridgehead atoms. The van der Waals surface area contributed by atoms with E-state index in [-0.39, 0.29) is 0 Å². The zero-order valence-electron chi connectivity index (χ0n) is 17.3. The molecule has 4 nitrogen and oxygen atoms in total. The Morgan fingerprint density at radius 3 is 2.44 bits per heavy atom. The third-order valence-electron chi connectivity index (χ3n) is 4.83. The minimum atomic E-state index is -0.840. The molecule has 2 rings (SSSR count). The fraction of sp³-hybridized carbons (Fsp3) is 0.636. The van der Waals surface area contributed by atoms with Crippen molar-refractivity contribution in [1.82, 2.24) is 4.90 Å². The first kappa shape index (κ1) is 22.2. The van der Waals surface area contributed by atoms with Crippen LogP contribution in [0.1, 0.15) is 67.2 Å². The minimum Gasteiger partial charge on any atom is -0.462 e. The predicted molar refractivity (Wildman–Crippen MR) is 112 cm³/mol. The van der Waals surface area contributed by atoms with Crippen molar-refractivity contribution in [3.8, 4) is 0 Å². The molecule has 2 heterocycles. The van der Waals surface area contributed by atoms with Crippen LogP contribution in [0.15, 0.2) is 28.7 Å². The van der Waals surface area contributed by atoms with Crippen molar-refractivity contribution in [3.63, 3.8) is 0 Å². The van der Waals surface area contributed by atoms with Gasteiger partial charge in [0.25, 0.3) is 0 Å². The lowest BCUT2D eigenvalue weighted by atomic mass is 9.90. The van der Waals surface area contributed by atoms with Crippen LogP contribution >= 0.6 is 11.3 Å². The molecule has 0 unspecified atom stereocenters. The summed E-state index contributed by atoms with van der Waals surface area (Å²) in [6.07, 6.45) is 4.34. The number of hydrogen-bond donors (Lipinski definition) is 1. The molecule has 0 atom stereocenters. The Morgan fingerprint density at radius 2 is 1.85 bits per heavy atom. The van der Waals surface area contributed by atoms with Crippen molar-refractivity contribution < 1.29 is 14.3 Å². The lowest BCUT2D eigenvalue weighted by molar-refractivity contribution is -0.00523. The van der Waals surface area contributed by atoms with E-state index in [1.165, 1.54) is 9.75 Å². The lowest BCUT2D eigenvalue weighted by Gasteiger charge is -2.25. The maximum atomic E-state index is 11.0. The second kappa shape index (κ2) is 11.0. The number of aryl methyl sites for hydroxylation is 1. The maximum absolute atomic E-state index is 11.0. The van der Waals surface area contributed by atoms with Gasteiger partial charge in [-0.1, -0.05) is 26.7 Å². The molecule has 0 aliphatic rings. The van der Waals surface area contributed by atoms with Gasteiger partial charge < -0.3 is 14.3 Å². The SMILES string of the molecule is CCCC(O)(CCC)c1ccc(CN(CCCOC)Cc2ccc(C)s2)o1. The Kier molecular flexibility index (Phi) is 9.03. The summed E-state index contributed by atoms with van der Waals surface area (Å²) in [5.74, 6) is 1.63. The Labute approximate surface area is 168 Å². The van der Waals surface area contributed by atoms with Crippen LogP contribution in [0.5, 0.6) is 0 Å². The summed E-state index contributed by atoms with van der Waals surface area (Å²) in [4.78, 5) is 5.10. The first-order chi connectivity index (χ1) is 13.0. The van der Waals surface area contributed by atoms with E-state index in [0.717, 1.165) is 64.1 Å². The molecule has 27 heavy (non-hydrogen) atoms. The highest BCUT2D eigenvalue weighted by atomic mass is 32.1. The zero-order chi connectivity index (χ0) is 19.7. The minimum absolute atomic E-state index is 0.713. The van der Waals surface area contributed by atoms with Gasteiger partial charge in [-0.2, -0.15) is 0 Å². The van der Waals surface area contributed by atoms with Gasteiger partial charge in [0.2, 0.25) is 0 Å². The fourth-order valence-corrected chi connectivity index (χ4v) is 4.50. The number of nitrogens with zero attached hydrogens (tertiary/aromatic N) is 1. The van der Waals surface area contributed by atoms with Crippen molar-refractivity contribution in [2.24, 2.45) is 0 Å². The quantitative estimate of drug-likeness (QED) is 0.458. The molecule has 152 valence electrons. The first-order valence-corrected chi connectivity index (χ1v) is 10.9. The van der Waals surface area contributed by atoms with Gasteiger partial charge in [-0.15, -0.1) is 11.3 Å². The van der Waals surface area contributed by atoms with Crippen molar-refractivity contribution in [1.29, 1.82) is 0 Å². The Balaban J connectivity index is 2.08. The highest BCUT2D eigenvalue weighted by Crippen LogP contribution is 2.33. The summed E-state index contributed by atoms with van der Waals surface area (Å²) >= 11 is 1.84. The van der Waals surface area contributed by atoms with E-state index in [1.54, 1.807) is 7.11 Å². The van der Waals surface area contributed by atoms with Crippen LogP contribution in [0.4, 0.5) is 0 Å². The Morgan fingerprint density at radius 1 is 1.11 bits per heavy atom. The van der Waals surface area contributed by atoms with E-state index in [4.69, 9.17) is 9.15 Å². The second-order valence-electron chi connectivity index (χ2n) is 7.37. The molecule has 0 saturated heterocycles. The lowest BCUT2D eigenvalue weighted by Crippen LogP contribution is -2.25. The molecule has 0 fully saturated rings. The number of aliphatic hydroxyl groups is 1. The van der Waals surface area contributed by atoms with Gasteiger partial charge in [-0.3, -0.25) is 4.90 Å². The van der Waals surface area contributed by atoms with E-state index in [9.17, 15) is 5.11 Å². The molecule has 0 aliphatic carbocycles. The number of thiophene rings is 1. The monoisotopic (exact) mass is 393 g/mol. The summed E-state index contributed by atoms with van der Waals surface area (Å²) in [5, 5.41) is 11.0. The molecule has 0 amide bonds. The number of hydrogen-bond acceptors (Lipinski definition) is 5. The van der Waals surface area contributed by atoms with Crippen LogP contribution in [-0.4, -0.2) is 30.3 Å². The zero-order valence-corrected chi connectivity index (χ0v) is 18.1. The van der Waals surface area contributed by atoms with Gasteiger partial charge >= 0.3 is 0 Å². The number of rotatable bonds is 13. The van der Waals surface area contributed by atoms with Gasteiger partial charge in [0.05, 0.1) is 6.54 Å². The summed E-state index contributed by atoms with van der Waals surface area (Å²) < 4.78 is 11.3. The molecule has 2 aromatic heterocycles. The molecular formula is C22H35NO3S. The van der Waals surface area contributed by atoms with Crippen LogP contribution in [0, 0.1) is 6.92 Å². The second-order valence-corrected chi connectivity index (χ2v) is 8.74. The van der Waals surface area contributed by atoms with E-state index < -0.39 is 5.60 Å². The van der Waals surface area contributed by atoms with Crippen molar-refractivity contribution in [2.75, 3.05) is 20.3 Å². The molecular weight excluding hydrogens is 358 g/mol. The van der Waals surface area contributed by atoms with Crippen LogP contribution in [0.2, 0.25) is 0 Å². The highest BCUT2D eigenvalue weighted by molar-refractivity contribution is 7.11. The van der Waals surface area contributed by atoms with E-state index >= 15 is 0 Å². The van der Waals surface area contributed by atoms with E-state index in [2.05, 4.69) is 37.8 Å². The average molecular weight is 394 g/mol. The predicted octanol–water partition coefficient (Wildman–Crippen LogP) is 5.48. The van der Waals surface area contributed by atoms with Crippen molar-refractivity contribution in [3.05, 3.63) is 45.5 Å². The molecule has 5 heteroatoms. The molecule has 0 spiro atoms. The summed E-state index contributed by atoms with van der Waals surface area (Å²) in [6.45, 7) is 9.72. The third-order valence-corrected chi connectivity index (χ3v) is 5.81. The van der Waals surface area contributed by atoms with Crippen molar-refractivity contribution >= 4 is 11.3 Å². The Bertz CT molecular complexity index is 658. The number of ether oxygens (including phenoxy) is 1. The molecule has 0 saturated carbocycles. The molecule has 1 N–H and O–H groups in total. The van der Waals surface area contributed by atoms with E-state index in [0.29, 0.717) is 5.76 Å². The van der Waals surface area contributed by atoms with Crippen LogP contribution in [-0.2, 0) is 23.4 Å². The van der Waals surface area contributed by atoms with Crippen LogP contribution in [0.3, 0.4) is 0 Å². The van der Waals surface area contributed by atoms with Gasteiger partial charge in [0.1, 0.15) is 17.1 Å². The van der Waals surface area contributed by atoms with Crippen LogP contribution in [0.25, 0.3) is 0 Å². The normalized spacial score (nSPS) is 12.2. The number of furan rings is 1. The average Bonchev–Trinajstić information content (AvgIpc) is 3.25. The first-order valence-electron chi connectivity index (χ1n) is 10.1. The third kappa shape index (κ3) is 6.75. The Hall–Kier alpha value is -1.14. The topological polar surface area (TPSA) is 45.8 Å². The molecule has 2 aromatic rings. The maximum Gasteiger partial charge on any atom is 0.135 e. The summed E-state index contributed by atoms with van der Waals surface area (Å²) in [7, 11) is 1.74. The van der Waals surface area contributed by atoms with Crippen molar-refractivity contribution in [2.45, 2.75) is 71.6 Å². The standard InChI is InChI=1S/C22H35NO3S/c1-5-12-22(24,13-6-2)21-11-9-19(26-21)16-23(14-7-15-25-4)17-20-10-8-18(3)27-20/h8-11,24H,5-7,12-17H2,1-4H3. The van der Waals surface area contributed by atoms with E-state index in [1.807, 2.05) is 23.5 Å². The van der Waals surface area contributed by atoms with Crippen LogP contribution < -0.4 is 0 Å². The van der Waals surface area contributed by atoms with Gasteiger partial charge in [0, 0.05) is 36.6 Å². The fourth-order valence-electron chi connectivity index (χ4n) is 3.57. The smallest absolute Gasteiger partial charge is 0.135 e.